The smallest absolute Gasteiger partial charge is 0.289 e. The van der Waals surface area contributed by atoms with Gasteiger partial charge in [0.15, 0.2) is 11.5 Å². The molecule has 2 fully saturated rings. The predicted molar refractivity (Wildman–Crippen MR) is 90.8 cm³/mol. The molecule has 25 heavy (non-hydrogen) atoms. The fourth-order valence-electron chi connectivity index (χ4n) is 3.56. The standard InChI is InChI=1S/C17H18N2O5S/c20-15-8-25-17(22)19(15)12-4-2-1-3-11(12)18-16(21)10-5-6-13-14(7-10)24-9-23-13/h5-7,11-12H,1-4,8-9H2,(H,18,21). The van der Waals surface area contributed by atoms with Crippen LogP contribution in [0, 0.1) is 0 Å². The van der Waals surface area contributed by atoms with Crippen LogP contribution >= 0.6 is 11.8 Å². The van der Waals surface area contributed by atoms with Gasteiger partial charge in [-0.3, -0.25) is 19.3 Å². The van der Waals surface area contributed by atoms with E-state index in [1.54, 1.807) is 18.2 Å². The number of hydrogen-bond acceptors (Lipinski definition) is 6. The molecule has 3 amide bonds. The number of amides is 3. The lowest BCUT2D eigenvalue weighted by atomic mass is 9.89. The summed E-state index contributed by atoms with van der Waals surface area (Å²) in [7, 11) is 0. The van der Waals surface area contributed by atoms with Crippen molar-refractivity contribution in [2.45, 2.75) is 37.8 Å². The first-order valence-electron chi connectivity index (χ1n) is 8.33. The Balaban J connectivity index is 1.50. The Kier molecular flexibility index (Phi) is 4.29. The van der Waals surface area contributed by atoms with Crippen LogP contribution in [0.2, 0.25) is 0 Å². The van der Waals surface area contributed by atoms with E-state index in [9.17, 15) is 14.4 Å². The lowest BCUT2D eigenvalue weighted by Crippen LogP contribution is -2.54. The predicted octanol–water partition coefficient (Wildman–Crippen LogP) is 2.15. The summed E-state index contributed by atoms with van der Waals surface area (Å²) in [6.07, 6.45) is 3.39. The first kappa shape index (κ1) is 16.3. The van der Waals surface area contributed by atoms with Crippen molar-refractivity contribution >= 4 is 28.8 Å². The van der Waals surface area contributed by atoms with Crippen molar-refractivity contribution in [2.24, 2.45) is 0 Å². The third-order valence-corrected chi connectivity index (χ3v) is 5.63. The highest BCUT2D eigenvalue weighted by Crippen LogP contribution is 2.33. The first-order valence-corrected chi connectivity index (χ1v) is 9.31. The summed E-state index contributed by atoms with van der Waals surface area (Å²) in [6, 6.07) is 4.56. The molecule has 2 unspecified atom stereocenters. The van der Waals surface area contributed by atoms with Gasteiger partial charge in [0.1, 0.15) is 0 Å². The van der Waals surface area contributed by atoms with E-state index < -0.39 is 0 Å². The monoisotopic (exact) mass is 362 g/mol. The molecule has 0 bridgehead atoms. The molecule has 8 heteroatoms. The van der Waals surface area contributed by atoms with E-state index >= 15 is 0 Å². The Morgan fingerprint density at radius 3 is 2.76 bits per heavy atom. The normalized spacial score (nSPS) is 25.4. The molecule has 132 valence electrons. The minimum Gasteiger partial charge on any atom is -0.454 e. The van der Waals surface area contributed by atoms with Crippen LogP contribution < -0.4 is 14.8 Å². The number of fused-ring (bicyclic) bond motifs is 1. The minimum atomic E-state index is -0.262. The molecule has 0 aromatic heterocycles. The molecule has 1 saturated carbocycles. The Morgan fingerprint density at radius 2 is 1.96 bits per heavy atom. The number of nitrogens with zero attached hydrogens (tertiary/aromatic N) is 1. The van der Waals surface area contributed by atoms with Crippen molar-refractivity contribution in [1.29, 1.82) is 0 Å². The second-order valence-electron chi connectivity index (χ2n) is 6.32. The van der Waals surface area contributed by atoms with Gasteiger partial charge in [0.05, 0.1) is 17.8 Å². The van der Waals surface area contributed by atoms with Gasteiger partial charge in [0.25, 0.3) is 11.1 Å². The summed E-state index contributed by atoms with van der Waals surface area (Å²) < 4.78 is 10.6. The molecule has 3 aliphatic rings. The maximum Gasteiger partial charge on any atom is 0.289 e. The van der Waals surface area contributed by atoms with Crippen molar-refractivity contribution in [3.05, 3.63) is 23.8 Å². The third-order valence-electron chi connectivity index (χ3n) is 4.80. The van der Waals surface area contributed by atoms with Gasteiger partial charge in [-0.15, -0.1) is 0 Å². The topological polar surface area (TPSA) is 84.9 Å². The average molecular weight is 362 g/mol. The third kappa shape index (κ3) is 3.06. The molecule has 2 atom stereocenters. The van der Waals surface area contributed by atoms with Gasteiger partial charge in [-0.2, -0.15) is 0 Å². The molecule has 1 N–H and O–H groups in total. The van der Waals surface area contributed by atoms with Crippen LogP contribution in [0.15, 0.2) is 18.2 Å². The van der Waals surface area contributed by atoms with Crippen LogP contribution in [-0.2, 0) is 4.79 Å². The number of carbonyl (C=O) groups is 3. The molecule has 1 aromatic rings. The Labute approximate surface area is 149 Å². The molecular formula is C17H18N2O5S. The summed E-state index contributed by atoms with van der Waals surface area (Å²) in [5, 5.41) is 2.79. The van der Waals surface area contributed by atoms with Crippen molar-refractivity contribution in [3.8, 4) is 11.5 Å². The van der Waals surface area contributed by atoms with Gasteiger partial charge >= 0.3 is 0 Å². The number of ether oxygens (including phenoxy) is 2. The fourth-order valence-corrected chi connectivity index (χ4v) is 4.33. The molecule has 1 aliphatic carbocycles. The number of benzene rings is 1. The largest absolute Gasteiger partial charge is 0.454 e. The van der Waals surface area contributed by atoms with Crippen LogP contribution in [0.25, 0.3) is 0 Å². The number of carbonyl (C=O) groups excluding carboxylic acids is 3. The van der Waals surface area contributed by atoms with Gasteiger partial charge in [0.2, 0.25) is 12.7 Å². The summed E-state index contributed by atoms with van der Waals surface area (Å²) in [4.78, 5) is 38.1. The molecule has 2 aliphatic heterocycles. The molecule has 4 rings (SSSR count). The van der Waals surface area contributed by atoms with Gasteiger partial charge in [-0.1, -0.05) is 24.6 Å². The van der Waals surface area contributed by atoms with Crippen molar-refractivity contribution < 1.29 is 23.9 Å². The maximum atomic E-state index is 12.6. The van der Waals surface area contributed by atoms with Crippen LogP contribution in [0.3, 0.4) is 0 Å². The van der Waals surface area contributed by atoms with E-state index in [4.69, 9.17) is 9.47 Å². The molecule has 1 aromatic carbocycles. The van der Waals surface area contributed by atoms with E-state index in [-0.39, 0.29) is 41.7 Å². The fraction of sp³-hybridized carbons (Fsp3) is 0.471. The zero-order valence-electron chi connectivity index (χ0n) is 13.5. The van der Waals surface area contributed by atoms with Crippen molar-refractivity contribution in [2.75, 3.05) is 12.5 Å². The van der Waals surface area contributed by atoms with Crippen LogP contribution in [-0.4, -0.2) is 46.6 Å². The summed E-state index contributed by atoms with van der Waals surface area (Å²) >= 11 is 1.03. The Hall–Kier alpha value is -2.22. The molecular weight excluding hydrogens is 344 g/mol. The molecule has 0 spiro atoms. The Bertz CT molecular complexity index is 722. The first-order chi connectivity index (χ1) is 12.1. The quantitative estimate of drug-likeness (QED) is 0.887. The summed E-state index contributed by atoms with van der Waals surface area (Å²) in [5.74, 6) is 0.968. The minimum absolute atomic E-state index is 0.155. The second kappa shape index (κ2) is 6.59. The van der Waals surface area contributed by atoms with Crippen LogP contribution in [0.1, 0.15) is 36.0 Å². The van der Waals surface area contributed by atoms with E-state index in [0.717, 1.165) is 37.4 Å². The van der Waals surface area contributed by atoms with E-state index in [2.05, 4.69) is 5.32 Å². The van der Waals surface area contributed by atoms with Crippen LogP contribution in [0.5, 0.6) is 11.5 Å². The Morgan fingerprint density at radius 1 is 1.16 bits per heavy atom. The second-order valence-corrected chi connectivity index (χ2v) is 7.24. The number of thioether (sulfide) groups is 1. The van der Waals surface area contributed by atoms with Crippen molar-refractivity contribution in [1.82, 2.24) is 10.2 Å². The molecule has 7 nitrogen and oxygen atoms in total. The number of hydrogen-bond donors (Lipinski definition) is 1. The molecule has 2 heterocycles. The lowest BCUT2D eigenvalue weighted by molar-refractivity contribution is -0.127. The van der Waals surface area contributed by atoms with E-state index in [0.29, 0.717) is 17.1 Å². The lowest BCUT2D eigenvalue weighted by Gasteiger charge is -2.36. The highest BCUT2D eigenvalue weighted by Gasteiger charge is 2.41. The summed E-state index contributed by atoms with van der Waals surface area (Å²) in [5.41, 5.74) is 0.474. The van der Waals surface area contributed by atoms with Gasteiger partial charge in [-0.05, 0) is 31.0 Å². The van der Waals surface area contributed by atoms with Gasteiger partial charge in [-0.25, -0.2) is 0 Å². The van der Waals surface area contributed by atoms with E-state index in [1.165, 1.54) is 4.90 Å². The SMILES string of the molecule is O=C(NC1CCCCC1N1C(=O)CSC1=O)c1ccc2c(c1)OCO2. The van der Waals surface area contributed by atoms with Gasteiger partial charge in [0, 0.05) is 5.56 Å². The number of nitrogens with one attached hydrogen (secondary N) is 1. The highest BCUT2D eigenvalue weighted by molar-refractivity contribution is 8.14. The summed E-state index contributed by atoms with van der Waals surface area (Å²) in [6.45, 7) is 0.155. The van der Waals surface area contributed by atoms with Gasteiger partial charge < -0.3 is 14.8 Å². The zero-order chi connectivity index (χ0) is 17.4. The molecule has 1 saturated heterocycles. The van der Waals surface area contributed by atoms with Crippen molar-refractivity contribution in [3.63, 3.8) is 0 Å². The molecule has 0 radical (unpaired) electrons. The average Bonchev–Trinajstić information content (AvgIpc) is 3.21. The van der Waals surface area contributed by atoms with E-state index in [1.807, 2.05) is 0 Å². The highest BCUT2D eigenvalue weighted by atomic mass is 32.2. The number of imide groups is 1. The number of rotatable bonds is 3. The zero-order valence-corrected chi connectivity index (χ0v) is 14.3. The van der Waals surface area contributed by atoms with Crippen LogP contribution in [0.4, 0.5) is 4.79 Å². The maximum absolute atomic E-state index is 12.6.